The number of hydrogen-bond donors (Lipinski definition) is 1. The average Bonchev–Trinajstić information content (AvgIpc) is 2.74. The van der Waals surface area contributed by atoms with Crippen LogP contribution in [0.2, 0.25) is 0 Å². The van der Waals surface area contributed by atoms with E-state index in [2.05, 4.69) is 5.32 Å². The molecule has 1 heterocycles. The van der Waals surface area contributed by atoms with Gasteiger partial charge in [0.1, 0.15) is 18.1 Å². The molecule has 3 rings (SSSR count). The second-order valence-electron chi connectivity index (χ2n) is 6.87. The number of carbonyl (C=O) groups excluding carboxylic acids is 1. The zero-order valence-corrected chi connectivity index (χ0v) is 17.3. The first kappa shape index (κ1) is 20.8. The van der Waals surface area contributed by atoms with Gasteiger partial charge in [0, 0.05) is 6.54 Å². The van der Waals surface area contributed by atoms with Gasteiger partial charge in [0.25, 0.3) is 0 Å². The van der Waals surface area contributed by atoms with Crippen LogP contribution in [-0.4, -0.2) is 39.4 Å². The van der Waals surface area contributed by atoms with E-state index in [1.807, 2.05) is 50.2 Å². The van der Waals surface area contributed by atoms with Crippen LogP contribution in [0, 0.1) is 5.92 Å². The molecular formula is C23H29NO5. The predicted octanol–water partition coefficient (Wildman–Crippen LogP) is 3.40. The third kappa shape index (κ3) is 5.34. The average molecular weight is 399 g/mol. The number of carbonyl (C=O) groups is 1. The van der Waals surface area contributed by atoms with Crippen LogP contribution in [0.25, 0.3) is 0 Å². The van der Waals surface area contributed by atoms with Gasteiger partial charge in [-0.3, -0.25) is 4.79 Å². The Kier molecular flexibility index (Phi) is 7.22. The molecule has 0 aliphatic carbocycles. The maximum Gasteiger partial charge on any atom is 0.226 e. The topological polar surface area (TPSA) is 66.0 Å². The Bertz CT molecular complexity index is 836. The largest absolute Gasteiger partial charge is 0.497 e. The highest BCUT2D eigenvalue weighted by Crippen LogP contribution is 2.31. The standard InChI is InChI=1S/C23H29NO5/c1-4-27-21-8-6-16(12-22(21)28-5-2)10-11-24-23(25)18-13-17-14-19(26-3)7-9-20(17)29-15-18/h6-9,12,14,18H,4-5,10-11,13,15H2,1-3H3,(H,24,25)/t18-/m1/s1. The summed E-state index contributed by atoms with van der Waals surface area (Å²) in [4.78, 5) is 12.6. The second kappa shape index (κ2) is 10.0. The first-order chi connectivity index (χ1) is 14.1. The molecule has 29 heavy (non-hydrogen) atoms. The third-order valence-corrected chi connectivity index (χ3v) is 4.87. The van der Waals surface area contributed by atoms with Gasteiger partial charge in [-0.1, -0.05) is 6.07 Å². The highest BCUT2D eigenvalue weighted by Gasteiger charge is 2.26. The zero-order chi connectivity index (χ0) is 20.6. The van der Waals surface area contributed by atoms with E-state index in [0.717, 1.165) is 40.5 Å². The van der Waals surface area contributed by atoms with Crippen molar-refractivity contribution in [3.63, 3.8) is 0 Å². The molecule has 0 unspecified atom stereocenters. The molecule has 1 atom stereocenters. The fourth-order valence-electron chi connectivity index (χ4n) is 3.39. The molecule has 0 spiro atoms. The number of nitrogens with one attached hydrogen (secondary N) is 1. The van der Waals surface area contributed by atoms with Crippen molar-refractivity contribution in [3.05, 3.63) is 47.5 Å². The van der Waals surface area contributed by atoms with Gasteiger partial charge < -0.3 is 24.3 Å². The van der Waals surface area contributed by atoms with Crippen LogP contribution in [0.5, 0.6) is 23.0 Å². The number of amides is 1. The van der Waals surface area contributed by atoms with Crippen molar-refractivity contribution in [1.82, 2.24) is 5.32 Å². The molecule has 6 nitrogen and oxygen atoms in total. The molecule has 0 fully saturated rings. The van der Waals surface area contributed by atoms with Crippen molar-refractivity contribution in [2.45, 2.75) is 26.7 Å². The molecule has 0 saturated heterocycles. The van der Waals surface area contributed by atoms with E-state index in [0.29, 0.717) is 32.8 Å². The second-order valence-corrected chi connectivity index (χ2v) is 6.87. The molecule has 0 aromatic heterocycles. The van der Waals surface area contributed by atoms with Gasteiger partial charge in [0.2, 0.25) is 5.91 Å². The minimum absolute atomic E-state index is 0.00874. The Hall–Kier alpha value is -2.89. The number of hydrogen-bond acceptors (Lipinski definition) is 5. The monoisotopic (exact) mass is 399 g/mol. The van der Waals surface area contributed by atoms with E-state index in [-0.39, 0.29) is 11.8 Å². The van der Waals surface area contributed by atoms with E-state index in [9.17, 15) is 4.79 Å². The summed E-state index contributed by atoms with van der Waals surface area (Å²) in [6, 6.07) is 11.6. The number of ether oxygens (including phenoxy) is 4. The van der Waals surface area contributed by atoms with Gasteiger partial charge in [-0.2, -0.15) is 0 Å². The van der Waals surface area contributed by atoms with Crippen LogP contribution >= 0.6 is 0 Å². The van der Waals surface area contributed by atoms with Gasteiger partial charge in [0.05, 0.1) is 26.2 Å². The van der Waals surface area contributed by atoms with E-state index in [1.54, 1.807) is 7.11 Å². The smallest absolute Gasteiger partial charge is 0.226 e. The van der Waals surface area contributed by atoms with Crippen LogP contribution in [0.3, 0.4) is 0 Å². The minimum atomic E-state index is -0.200. The van der Waals surface area contributed by atoms with Gasteiger partial charge in [-0.15, -0.1) is 0 Å². The lowest BCUT2D eigenvalue weighted by Crippen LogP contribution is -2.38. The van der Waals surface area contributed by atoms with E-state index >= 15 is 0 Å². The number of fused-ring (bicyclic) bond motifs is 1. The van der Waals surface area contributed by atoms with E-state index in [4.69, 9.17) is 18.9 Å². The summed E-state index contributed by atoms with van der Waals surface area (Å²) in [5.41, 5.74) is 2.09. The summed E-state index contributed by atoms with van der Waals surface area (Å²) in [6.07, 6.45) is 1.37. The van der Waals surface area contributed by atoms with Crippen molar-refractivity contribution in [2.24, 2.45) is 5.92 Å². The third-order valence-electron chi connectivity index (χ3n) is 4.87. The number of benzene rings is 2. The maximum absolute atomic E-state index is 12.6. The normalized spacial score (nSPS) is 15.1. The van der Waals surface area contributed by atoms with Crippen LogP contribution in [0.1, 0.15) is 25.0 Å². The van der Waals surface area contributed by atoms with Crippen LogP contribution in [-0.2, 0) is 17.6 Å². The fraction of sp³-hybridized carbons (Fsp3) is 0.435. The SMILES string of the molecule is CCOc1ccc(CCNC(=O)[C@H]2COc3ccc(OC)cc3C2)cc1OCC. The summed E-state index contributed by atoms with van der Waals surface area (Å²) in [6.45, 7) is 6.01. The zero-order valence-electron chi connectivity index (χ0n) is 17.3. The van der Waals surface area contributed by atoms with E-state index < -0.39 is 0 Å². The Balaban J connectivity index is 1.54. The van der Waals surface area contributed by atoms with Crippen molar-refractivity contribution < 1.29 is 23.7 Å². The summed E-state index contributed by atoms with van der Waals surface area (Å²) in [5, 5.41) is 3.03. The molecule has 2 aromatic carbocycles. The summed E-state index contributed by atoms with van der Waals surface area (Å²) in [5.74, 6) is 2.89. The summed E-state index contributed by atoms with van der Waals surface area (Å²) >= 11 is 0. The lowest BCUT2D eigenvalue weighted by molar-refractivity contribution is -0.126. The van der Waals surface area contributed by atoms with Crippen molar-refractivity contribution >= 4 is 5.91 Å². The summed E-state index contributed by atoms with van der Waals surface area (Å²) in [7, 11) is 1.63. The number of methoxy groups -OCH3 is 1. The summed E-state index contributed by atoms with van der Waals surface area (Å²) < 4.78 is 22.3. The molecule has 1 aliphatic rings. The molecule has 0 saturated carbocycles. The molecule has 1 aliphatic heterocycles. The molecule has 1 N–H and O–H groups in total. The molecular weight excluding hydrogens is 370 g/mol. The first-order valence-corrected chi connectivity index (χ1v) is 10.1. The molecule has 0 radical (unpaired) electrons. The molecule has 1 amide bonds. The molecule has 6 heteroatoms. The fourth-order valence-corrected chi connectivity index (χ4v) is 3.39. The van der Waals surface area contributed by atoms with Crippen LogP contribution < -0.4 is 24.3 Å². The predicted molar refractivity (Wildman–Crippen MR) is 111 cm³/mol. The quantitative estimate of drug-likeness (QED) is 0.700. The minimum Gasteiger partial charge on any atom is -0.497 e. The highest BCUT2D eigenvalue weighted by atomic mass is 16.5. The maximum atomic E-state index is 12.6. The van der Waals surface area contributed by atoms with Crippen molar-refractivity contribution in [3.8, 4) is 23.0 Å². The molecule has 2 aromatic rings. The Morgan fingerprint density at radius 1 is 1.10 bits per heavy atom. The van der Waals surface area contributed by atoms with Crippen molar-refractivity contribution in [2.75, 3.05) is 33.5 Å². The van der Waals surface area contributed by atoms with Gasteiger partial charge in [-0.25, -0.2) is 0 Å². The first-order valence-electron chi connectivity index (χ1n) is 10.1. The lowest BCUT2D eigenvalue weighted by Gasteiger charge is -2.25. The van der Waals surface area contributed by atoms with Crippen LogP contribution in [0.4, 0.5) is 0 Å². The molecule has 0 bridgehead atoms. The van der Waals surface area contributed by atoms with Gasteiger partial charge in [0.15, 0.2) is 11.5 Å². The Labute approximate surface area is 172 Å². The van der Waals surface area contributed by atoms with E-state index in [1.165, 1.54) is 0 Å². The van der Waals surface area contributed by atoms with Crippen LogP contribution in [0.15, 0.2) is 36.4 Å². The Morgan fingerprint density at radius 2 is 1.90 bits per heavy atom. The highest BCUT2D eigenvalue weighted by molar-refractivity contribution is 5.79. The Morgan fingerprint density at radius 3 is 2.66 bits per heavy atom. The van der Waals surface area contributed by atoms with Gasteiger partial charge >= 0.3 is 0 Å². The van der Waals surface area contributed by atoms with Crippen molar-refractivity contribution in [1.29, 1.82) is 0 Å². The number of rotatable bonds is 9. The lowest BCUT2D eigenvalue weighted by atomic mass is 9.95. The molecule has 156 valence electrons. The van der Waals surface area contributed by atoms with Gasteiger partial charge in [-0.05, 0) is 68.1 Å².